The summed E-state index contributed by atoms with van der Waals surface area (Å²) < 4.78 is 12.5. The summed E-state index contributed by atoms with van der Waals surface area (Å²) in [7, 11) is 3.25. The maximum atomic E-state index is 12.4. The number of carbonyl (C=O) groups is 1. The third kappa shape index (κ3) is 6.65. The summed E-state index contributed by atoms with van der Waals surface area (Å²) >= 11 is 1.28. The maximum absolute atomic E-state index is 12.4. The number of methoxy groups -OCH3 is 2. The number of nitrogens with one attached hydrogen (secondary N) is 1. The molecule has 3 aromatic carbocycles. The van der Waals surface area contributed by atoms with Crippen molar-refractivity contribution in [3.05, 3.63) is 90.0 Å². The Hall–Kier alpha value is -4.37. The first-order valence-corrected chi connectivity index (χ1v) is 12.5. The number of carbonyl (C=O) groups excluding carboxylic acids is 1. The number of thioether (sulfide) groups is 1. The zero-order chi connectivity index (χ0) is 26.0. The quantitative estimate of drug-likeness (QED) is 0.179. The third-order valence-corrected chi connectivity index (χ3v) is 6.30. The predicted molar refractivity (Wildman–Crippen MR) is 147 cm³/mol. The van der Waals surface area contributed by atoms with E-state index in [2.05, 4.69) is 20.7 Å². The van der Waals surface area contributed by atoms with Crippen LogP contribution in [-0.4, -0.2) is 46.9 Å². The molecule has 37 heavy (non-hydrogen) atoms. The van der Waals surface area contributed by atoms with E-state index in [9.17, 15) is 4.79 Å². The molecule has 0 bridgehead atoms. The van der Waals surface area contributed by atoms with Crippen LogP contribution in [0.1, 0.15) is 11.1 Å². The van der Waals surface area contributed by atoms with Crippen LogP contribution in [-0.2, 0) is 4.79 Å². The van der Waals surface area contributed by atoms with Gasteiger partial charge < -0.3 is 9.47 Å². The molecule has 0 aliphatic heterocycles. The van der Waals surface area contributed by atoms with E-state index in [0.29, 0.717) is 11.0 Å². The molecular formula is C28H27N5O3S. The molecule has 0 unspecified atom stereocenters. The van der Waals surface area contributed by atoms with E-state index < -0.39 is 0 Å². The van der Waals surface area contributed by atoms with Gasteiger partial charge in [0.1, 0.15) is 11.5 Å². The number of benzene rings is 3. The van der Waals surface area contributed by atoms with Crippen molar-refractivity contribution in [2.45, 2.75) is 12.1 Å². The number of para-hydroxylation sites is 1. The van der Waals surface area contributed by atoms with Crippen LogP contribution in [0.5, 0.6) is 11.5 Å². The molecule has 0 aliphatic rings. The Morgan fingerprint density at radius 1 is 1.00 bits per heavy atom. The molecule has 4 aromatic rings. The molecular weight excluding hydrogens is 486 g/mol. The van der Waals surface area contributed by atoms with Gasteiger partial charge >= 0.3 is 0 Å². The highest BCUT2D eigenvalue weighted by Crippen LogP contribution is 2.29. The van der Waals surface area contributed by atoms with Crippen LogP contribution in [0, 0.1) is 6.92 Å². The average molecular weight is 514 g/mol. The zero-order valence-corrected chi connectivity index (χ0v) is 21.6. The molecule has 4 rings (SSSR count). The fraction of sp³-hybridized carbons (Fsp3) is 0.143. The third-order valence-electron chi connectivity index (χ3n) is 5.37. The fourth-order valence-corrected chi connectivity index (χ4v) is 4.23. The summed E-state index contributed by atoms with van der Waals surface area (Å²) in [5, 5.41) is 13.4. The Balaban J connectivity index is 1.45. The number of aromatic nitrogens is 3. The summed E-state index contributed by atoms with van der Waals surface area (Å²) in [6.45, 7) is 2.04. The van der Waals surface area contributed by atoms with Gasteiger partial charge in [-0.25, -0.2) is 5.43 Å². The largest absolute Gasteiger partial charge is 0.497 e. The van der Waals surface area contributed by atoms with E-state index in [1.807, 2.05) is 90.4 Å². The fourth-order valence-electron chi connectivity index (χ4n) is 3.48. The van der Waals surface area contributed by atoms with Gasteiger partial charge in [0.15, 0.2) is 11.0 Å². The summed E-state index contributed by atoms with van der Waals surface area (Å²) in [5.74, 6) is 2.06. The summed E-state index contributed by atoms with van der Waals surface area (Å²) in [5.41, 5.74) is 6.41. The Labute approximate surface area is 220 Å². The van der Waals surface area contributed by atoms with E-state index in [4.69, 9.17) is 9.47 Å². The van der Waals surface area contributed by atoms with Gasteiger partial charge in [0, 0.05) is 23.0 Å². The van der Waals surface area contributed by atoms with Crippen molar-refractivity contribution in [3.8, 4) is 28.6 Å². The first kappa shape index (κ1) is 25.7. The van der Waals surface area contributed by atoms with Crippen LogP contribution in [0.4, 0.5) is 0 Å². The lowest BCUT2D eigenvalue weighted by atomic mass is 10.1. The average Bonchev–Trinajstić information content (AvgIpc) is 3.36. The smallest absolute Gasteiger partial charge is 0.250 e. The van der Waals surface area contributed by atoms with E-state index in [1.54, 1.807) is 20.3 Å². The van der Waals surface area contributed by atoms with Crippen molar-refractivity contribution in [2.24, 2.45) is 5.10 Å². The SMILES string of the molecule is COc1ccc(-n2c(SCC(=O)NN=CC=Cc3ccccc3OC)nnc2-c2ccc(C)cc2)cc1. The Morgan fingerprint density at radius 3 is 2.49 bits per heavy atom. The number of rotatable bonds is 10. The molecule has 1 heterocycles. The van der Waals surface area contributed by atoms with Crippen LogP contribution < -0.4 is 14.9 Å². The molecule has 0 atom stereocenters. The molecule has 8 nitrogen and oxygen atoms in total. The summed E-state index contributed by atoms with van der Waals surface area (Å²) in [6, 6.07) is 23.3. The molecule has 0 saturated heterocycles. The maximum Gasteiger partial charge on any atom is 0.250 e. The second kappa shape index (κ2) is 12.5. The normalized spacial score (nSPS) is 11.2. The number of amides is 1. The first-order chi connectivity index (χ1) is 18.1. The Morgan fingerprint density at radius 2 is 1.76 bits per heavy atom. The number of nitrogens with zero attached hydrogens (tertiary/aromatic N) is 4. The van der Waals surface area contributed by atoms with Gasteiger partial charge in [0.2, 0.25) is 0 Å². The van der Waals surface area contributed by atoms with E-state index in [-0.39, 0.29) is 11.7 Å². The number of ether oxygens (including phenoxy) is 2. The summed E-state index contributed by atoms with van der Waals surface area (Å²) in [6.07, 6.45) is 5.11. The molecule has 0 radical (unpaired) electrons. The zero-order valence-electron chi connectivity index (χ0n) is 20.8. The van der Waals surface area contributed by atoms with E-state index in [1.165, 1.54) is 18.0 Å². The van der Waals surface area contributed by atoms with E-state index in [0.717, 1.165) is 33.9 Å². The minimum atomic E-state index is -0.256. The molecule has 188 valence electrons. The second-order valence-electron chi connectivity index (χ2n) is 7.91. The molecule has 0 fully saturated rings. The minimum absolute atomic E-state index is 0.121. The van der Waals surface area contributed by atoms with Crippen LogP contribution in [0.25, 0.3) is 23.2 Å². The highest BCUT2D eigenvalue weighted by molar-refractivity contribution is 7.99. The van der Waals surface area contributed by atoms with Gasteiger partial charge in [0.05, 0.1) is 20.0 Å². The highest BCUT2D eigenvalue weighted by atomic mass is 32.2. The Kier molecular flexibility index (Phi) is 8.72. The first-order valence-electron chi connectivity index (χ1n) is 11.5. The van der Waals surface area contributed by atoms with Crippen molar-refractivity contribution in [3.63, 3.8) is 0 Å². The minimum Gasteiger partial charge on any atom is -0.497 e. The molecule has 1 N–H and O–H groups in total. The molecule has 1 aromatic heterocycles. The lowest BCUT2D eigenvalue weighted by Crippen LogP contribution is -2.19. The second-order valence-corrected chi connectivity index (χ2v) is 8.85. The number of aryl methyl sites for hydroxylation is 1. The van der Waals surface area contributed by atoms with Crippen molar-refractivity contribution in [1.29, 1.82) is 0 Å². The topological polar surface area (TPSA) is 90.6 Å². The Bertz CT molecular complexity index is 1400. The molecule has 0 saturated carbocycles. The van der Waals surface area contributed by atoms with Crippen LogP contribution in [0.2, 0.25) is 0 Å². The van der Waals surface area contributed by atoms with Gasteiger partial charge in [0.25, 0.3) is 5.91 Å². The number of hydrogen-bond donors (Lipinski definition) is 1. The highest BCUT2D eigenvalue weighted by Gasteiger charge is 2.17. The molecule has 1 amide bonds. The molecule has 0 aliphatic carbocycles. The predicted octanol–water partition coefficient (Wildman–Crippen LogP) is 5.17. The summed E-state index contributed by atoms with van der Waals surface area (Å²) in [4.78, 5) is 12.4. The van der Waals surface area contributed by atoms with Gasteiger partial charge in [-0.3, -0.25) is 9.36 Å². The van der Waals surface area contributed by atoms with Crippen molar-refractivity contribution >= 4 is 30.0 Å². The van der Waals surface area contributed by atoms with E-state index >= 15 is 0 Å². The standard InChI is InChI=1S/C28H27N5O3S/c1-20-10-12-22(13-11-20)27-31-32-28(33(27)23-14-16-24(35-2)17-15-23)37-19-26(34)30-29-18-6-8-21-7-4-5-9-25(21)36-3/h4-18H,19H2,1-3H3,(H,30,34). The van der Waals surface area contributed by atoms with Gasteiger partial charge in [-0.05, 0) is 49.4 Å². The van der Waals surface area contributed by atoms with Crippen molar-refractivity contribution < 1.29 is 14.3 Å². The lowest BCUT2D eigenvalue weighted by Gasteiger charge is -2.11. The van der Waals surface area contributed by atoms with Crippen molar-refractivity contribution in [2.75, 3.05) is 20.0 Å². The molecule has 0 spiro atoms. The van der Waals surface area contributed by atoms with Crippen molar-refractivity contribution in [1.82, 2.24) is 20.2 Å². The monoisotopic (exact) mass is 513 g/mol. The number of allylic oxidation sites excluding steroid dienone is 1. The number of hydrazone groups is 1. The van der Waals surface area contributed by atoms with Gasteiger partial charge in [-0.15, -0.1) is 10.2 Å². The van der Waals surface area contributed by atoms with Crippen LogP contribution in [0.15, 0.2) is 89.1 Å². The lowest BCUT2D eigenvalue weighted by molar-refractivity contribution is -0.118. The van der Waals surface area contributed by atoms with Gasteiger partial charge in [-0.1, -0.05) is 59.8 Å². The van der Waals surface area contributed by atoms with Gasteiger partial charge in [-0.2, -0.15) is 5.10 Å². The van der Waals surface area contributed by atoms with Crippen LogP contribution in [0.3, 0.4) is 0 Å². The van der Waals surface area contributed by atoms with Crippen LogP contribution >= 0.6 is 11.8 Å². The molecule has 9 heteroatoms. The number of hydrogen-bond acceptors (Lipinski definition) is 7.